The molecule has 58 valence electrons. The highest BCUT2D eigenvalue weighted by Gasteiger charge is 2.22. The third kappa shape index (κ3) is 1.84. The van der Waals surface area contributed by atoms with Crippen LogP contribution in [-0.4, -0.2) is 11.2 Å². The lowest BCUT2D eigenvalue weighted by Crippen LogP contribution is -2.10. The van der Waals surface area contributed by atoms with Crippen LogP contribution in [0.1, 0.15) is 33.1 Å². The van der Waals surface area contributed by atoms with E-state index in [1.54, 1.807) is 0 Å². The van der Waals surface area contributed by atoms with E-state index < -0.39 is 0 Å². The van der Waals surface area contributed by atoms with E-state index in [0.717, 1.165) is 6.42 Å². The monoisotopic (exact) mass is 140 g/mol. The second kappa shape index (κ2) is 3.20. The zero-order valence-electron chi connectivity index (χ0n) is 6.80. The molecule has 2 atom stereocenters. The molecular weight excluding hydrogens is 124 g/mol. The molecule has 1 aliphatic carbocycles. The summed E-state index contributed by atoms with van der Waals surface area (Å²) in [6.45, 7) is 4.18. The molecule has 1 fully saturated rings. The van der Waals surface area contributed by atoms with Crippen molar-refractivity contribution < 1.29 is 5.11 Å². The van der Waals surface area contributed by atoms with Gasteiger partial charge >= 0.3 is 0 Å². The quantitative estimate of drug-likeness (QED) is 0.553. The number of hydrogen-bond donors (Lipinski definition) is 1. The Balaban J connectivity index is 2.48. The molecule has 0 aromatic heterocycles. The molecule has 0 spiro atoms. The van der Waals surface area contributed by atoms with Gasteiger partial charge in [0.25, 0.3) is 0 Å². The highest BCUT2D eigenvalue weighted by molar-refractivity contribution is 5.01. The Kier molecular flexibility index (Phi) is 2.50. The average molecular weight is 140 g/mol. The highest BCUT2D eigenvalue weighted by atomic mass is 16.3. The number of aliphatic hydroxyl groups is 1. The van der Waals surface area contributed by atoms with Crippen molar-refractivity contribution >= 4 is 0 Å². The van der Waals surface area contributed by atoms with Gasteiger partial charge in [-0.3, -0.25) is 0 Å². The molecule has 1 nitrogen and oxygen atoms in total. The molecule has 0 unspecified atom stereocenters. The van der Waals surface area contributed by atoms with Crippen LogP contribution in [0, 0.1) is 5.92 Å². The smallest absolute Gasteiger partial charge is 0.0602 e. The zero-order valence-corrected chi connectivity index (χ0v) is 6.80. The minimum atomic E-state index is -0.0603. The molecule has 0 aromatic carbocycles. The predicted molar refractivity (Wildman–Crippen MR) is 42.8 cm³/mol. The molecular formula is C9H16O. The van der Waals surface area contributed by atoms with E-state index in [9.17, 15) is 5.11 Å². The van der Waals surface area contributed by atoms with Gasteiger partial charge in [-0.2, -0.15) is 0 Å². The van der Waals surface area contributed by atoms with Crippen molar-refractivity contribution in [2.45, 2.75) is 39.2 Å². The van der Waals surface area contributed by atoms with Gasteiger partial charge < -0.3 is 5.11 Å². The molecule has 0 aliphatic heterocycles. The van der Waals surface area contributed by atoms with Crippen LogP contribution in [0.4, 0.5) is 0 Å². The Hall–Kier alpha value is -0.300. The van der Waals surface area contributed by atoms with E-state index in [2.05, 4.69) is 19.9 Å². The van der Waals surface area contributed by atoms with Crippen LogP contribution in [0.5, 0.6) is 0 Å². The molecule has 1 saturated carbocycles. The molecule has 0 saturated heterocycles. The van der Waals surface area contributed by atoms with Crippen LogP contribution in [0.3, 0.4) is 0 Å². The van der Waals surface area contributed by atoms with Gasteiger partial charge in [0, 0.05) is 5.92 Å². The molecule has 0 amide bonds. The largest absolute Gasteiger partial charge is 0.393 e. The molecule has 10 heavy (non-hydrogen) atoms. The van der Waals surface area contributed by atoms with Crippen molar-refractivity contribution in [3.8, 4) is 0 Å². The van der Waals surface area contributed by atoms with E-state index in [1.807, 2.05) is 0 Å². The summed E-state index contributed by atoms with van der Waals surface area (Å²) in [7, 11) is 0. The first-order chi connectivity index (χ1) is 4.70. The van der Waals surface area contributed by atoms with E-state index >= 15 is 0 Å². The summed E-state index contributed by atoms with van der Waals surface area (Å²) in [4.78, 5) is 0. The number of hydrogen-bond acceptors (Lipinski definition) is 1. The molecule has 1 N–H and O–H groups in total. The third-order valence-corrected chi connectivity index (χ3v) is 2.08. The van der Waals surface area contributed by atoms with Crippen molar-refractivity contribution in [1.82, 2.24) is 0 Å². The zero-order chi connectivity index (χ0) is 7.56. The van der Waals surface area contributed by atoms with Crippen LogP contribution in [0.25, 0.3) is 0 Å². The summed E-state index contributed by atoms with van der Waals surface area (Å²) in [6, 6.07) is 0. The summed E-state index contributed by atoms with van der Waals surface area (Å²) in [5, 5.41) is 9.39. The van der Waals surface area contributed by atoms with E-state index in [1.165, 1.54) is 18.4 Å². The lowest BCUT2D eigenvalue weighted by molar-refractivity contribution is 0.153. The number of aliphatic hydroxyl groups excluding tert-OH is 1. The van der Waals surface area contributed by atoms with Crippen LogP contribution >= 0.6 is 0 Å². The molecule has 1 rings (SSSR count). The first-order valence-electron chi connectivity index (χ1n) is 4.03. The maximum Gasteiger partial charge on any atom is 0.0602 e. The second-order valence-electron chi connectivity index (χ2n) is 3.41. The minimum absolute atomic E-state index is 0.0603. The van der Waals surface area contributed by atoms with Crippen molar-refractivity contribution in [1.29, 1.82) is 0 Å². The van der Waals surface area contributed by atoms with Gasteiger partial charge in [0.1, 0.15) is 0 Å². The van der Waals surface area contributed by atoms with Gasteiger partial charge in [0.05, 0.1) is 6.10 Å². The minimum Gasteiger partial charge on any atom is -0.393 e. The lowest BCUT2D eigenvalue weighted by atomic mass is 10.0. The fourth-order valence-corrected chi connectivity index (χ4v) is 1.59. The normalized spacial score (nSPS) is 32.3. The fourth-order valence-electron chi connectivity index (χ4n) is 1.59. The van der Waals surface area contributed by atoms with Crippen molar-refractivity contribution in [3.05, 3.63) is 11.6 Å². The Bertz CT molecular complexity index is 134. The van der Waals surface area contributed by atoms with Gasteiger partial charge in [-0.15, -0.1) is 0 Å². The van der Waals surface area contributed by atoms with E-state index in [-0.39, 0.29) is 6.10 Å². The first-order valence-corrected chi connectivity index (χ1v) is 4.03. The summed E-state index contributed by atoms with van der Waals surface area (Å²) >= 11 is 0. The second-order valence-corrected chi connectivity index (χ2v) is 3.41. The maximum atomic E-state index is 9.39. The van der Waals surface area contributed by atoms with Crippen molar-refractivity contribution in [2.24, 2.45) is 5.92 Å². The maximum absolute atomic E-state index is 9.39. The average Bonchev–Trinajstić information content (AvgIpc) is 2.15. The van der Waals surface area contributed by atoms with Gasteiger partial charge in [-0.1, -0.05) is 18.1 Å². The van der Waals surface area contributed by atoms with E-state index in [0.29, 0.717) is 5.92 Å². The van der Waals surface area contributed by atoms with Crippen molar-refractivity contribution in [3.63, 3.8) is 0 Å². The Morgan fingerprint density at radius 1 is 1.40 bits per heavy atom. The van der Waals surface area contributed by atoms with Gasteiger partial charge in [-0.25, -0.2) is 0 Å². The Labute approximate surface area is 62.8 Å². The summed E-state index contributed by atoms with van der Waals surface area (Å²) in [5.74, 6) is 0.449. The summed E-state index contributed by atoms with van der Waals surface area (Å²) in [6.07, 6.45) is 5.49. The van der Waals surface area contributed by atoms with Crippen LogP contribution < -0.4 is 0 Å². The predicted octanol–water partition coefficient (Wildman–Crippen LogP) is 2.11. The Morgan fingerprint density at radius 2 is 2.10 bits per heavy atom. The molecule has 0 radical (unpaired) electrons. The SMILES string of the molecule is CC(C)=C[C@H]1CCC[C@H]1O. The van der Waals surface area contributed by atoms with Crippen LogP contribution in [-0.2, 0) is 0 Å². The van der Waals surface area contributed by atoms with Crippen molar-refractivity contribution in [2.75, 3.05) is 0 Å². The lowest BCUT2D eigenvalue weighted by Gasteiger charge is -2.08. The molecule has 0 aromatic rings. The molecule has 0 bridgehead atoms. The highest BCUT2D eigenvalue weighted by Crippen LogP contribution is 2.27. The molecule has 1 heteroatoms. The van der Waals surface area contributed by atoms with Crippen LogP contribution in [0.2, 0.25) is 0 Å². The van der Waals surface area contributed by atoms with Crippen LogP contribution in [0.15, 0.2) is 11.6 Å². The van der Waals surface area contributed by atoms with E-state index in [4.69, 9.17) is 0 Å². The standard InChI is InChI=1S/C9H16O/c1-7(2)6-8-4-3-5-9(8)10/h6,8-10H,3-5H2,1-2H3/t8-,9-/m1/s1. The third-order valence-electron chi connectivity index (χ3n) is 2.08. The van der Waals surface area contributed by atoms with Gasteiger partial charge in [0.2, 0.25) is 0 Å². The number of rotatable bonds is 1. The Morgan fingerprint density at radius 3 is 2.50 bits per heavy atom. The topological polar surface area (TPSA) is 20.2 Å². The number of allylic oxidation sites excluding steroid dienone is 1. The summed E-state index contributed by atoms with van der Waals surface area (Å²) < 4.78 is 0. The summed E-state index contributed by atoms with van der Waals surface area (Å²) in [5.41, 5.74) is 1.32. The fraction of sp³-hybridized carbons (Fsp3) is 0.778. The van der Waals surface area contributed by atoms with Gasteiger partial charge in [-0.05, 0) is 26.7 Å². The first kappa shape index (κ1) is 7.80. The molecule has 0 heterocycles. The van der Waals surface area contributed by atoms with Gasteiger partial charge in [0.15, 0.2) is 0 Å². The molecule has 1 aliphatic rings.